The number of fused-ring (bicyclic) bond motifs is 3. The zero-order valence-electron chi connectivity index (χ0n) is 17.7. The minimum absolute atomic E-state index is 0.151. The number of nitrogens with zero attached hydrogens (tertiary/aromatic N) is 1. The van der Waals surface area contributed by atoms with Crippen LogP contribution in [0.25, 0.3) is 10.9 Å². The number of hydrogen-bond donors (Lipinski definition) is 2. The molecule has 1 aromatic heterocycles. The maximum absolute atomic E-state index is 13.6. The Bertz CT molecular complexity index is 1280. The van der Waals surface area contributed by atoms with E-state index in [1.54, 1.807) is 12.1 Å². The van der Waals surface area contributed by atoms with Gasteiger partial charge in [0.25, 0.3) is 0 Å². The molecule has 1 aliphatic heterocycles. The van der Waals surface area contributed by atoms with Gasteiger partial charge in [0.1, 0.15) is 5.82 Å². The van der Waals surface area contributed by atoms with Crippen LogP contribution in [0, 0.1) is 12.7 Å². The van der Waals surface area contributed by atoms with Crippen LogP contribution in [-0.2, 0) is 13.0 Å². The highest BCUT2D eigenvalue weighted by Crippen LogP contribution is 2.39. The van der Waals surface area contributed by atoms with Gasteiger partial charge in [-0.1, -0.05) is 53.6 Å². The van der Waals surface area contributed by atoms with Crippen molar-refractivity contribution in [1.29, 1.82) is 0 Å². The second kappa shape index (κ2) is 8.32. The molecule has 2 heterocycles. The minimum Gasteiger partial charge on any atom is -0.356 e. The Morgan fingerprint density at radius 1 is 1.12 bits per heavy atom. The van der Waals surface area contributed by atoms with Crippen LogP contribution < -0.4 is 5.32 Å². The number of hydrogen-bond acceptors (Lipinski definition) is 1. The normalized spacial score (nSPS) is 15.6. The first-order valence-electron chi connectivity index (χ1n) is 10.6. The highest BCUT2D eigenvalue weighted by Gasteiger charge is 2.34. The van der Waals surface area contributed by atoms with Gasteiger partial charge >= 0.3 is 6.03 Å². The zero-order chi connectivity index (χ0) is 22.2. The molecule has 0 radical (unpaired) electrons. The van der Waals surface area contributed by atoms with E-state index in [1.807, 2.05) is 54.3 Å². The number of H-pyrrole nitrogens is 1. The Hall–Kier alpha value is -3.31. The molecule has 2 amide bonds. The van der Waals surface area contributed by atoms with E-state index < -0.39 is 0 Å². The van der Waals surface area contributed by atoms with E-state index in [-0.39, 0.29) is 17.9 Å². The van der Waals surface area contributed by atoms with E-state index in [4.69, 9.17) is 11.6 Å². The third-order valence-corrected chi connectivity index (χ3v) is 6.34. The molecule has 5 rings (SSSR count). The molecule has 1 unspecified atom stereocenters. The molecule has 0 saturated carbocycles. The summed E-state index contributed by atoms with van der Waals surface area (Å²) in [7, 11) is 0. The van der Waals surface area contributed by atoms with Gasteiger partial charge in [-0.15, -0.1) is 0 Å². The van der Waals surface area contributed by atoms with Gasteiger partial charge in [-0.2, -0.15) is 0 Å². The van der Waals surface area contributed by atoms with Crippen molar-refractivity contribution in [3.8, 4) is 0 Å². The van der Waals surface area contributed by atoms with Gasteiger partial charge in [-0.05, 0) is 60.4 Å². The third-order valence-electron chi connectivity index (χ3n) is 6.10. The molecule has 32 heavy (non-hydrogen) atoms. The average Bonchev–Trinajstić information content (AvgIpc) is 3.16. The number of rotatable bonds is 3. The fourth-order valence-corrected chi connectivity index (χ4v) is 4.63. The van der Waals surface area contributed by atoms with Crippen molar-refractivity contribution in [2.75, 3.05) is 6.54 Å². The quantitative estimate of drug-likeness (QED) is 0.390. The van der Waals surface area contributed by atoms with Crippen LogP contribution in [0.3, 0.4) is 0 Å². The lowest BCUT2D eigenvalue weighted by Crippen LogP contribution is -2.45. The molecule has 162 valence electrons. The van der Waals surface area contributed by atoms with Crippen LogP contribution in [0.2, 0.25) is 5.02 Å². The van der Waals surface area contributed by atoms with Crippen molar-refractivity contribution in [2.24, 2.45) is 0 Å². The Kier molecular flexibility index (Phi) is 5.35. The lowest BCUT2D eigenvalue weighted by Gasteiger charge is -2.36. The van der Waals surface area contributed by atoms with E-state index in [1.165, 1.54) is 17.7 Å². The molecule has 0 aliphatic carbocycles. The highest BCUT2D eigenvalue weighted by atomic mass is 35.5. The molecule has 1 atom stereocenters. The first kappa shape index (κ1) is 20.6. The molecule has 0 bridgehead atoms. The van der Waals surface area contributed by atoms with Crippen molar-refractivity contribution in [1.82, 2.24) is 15.2 Å². The number of benzene rings is 3. The van der Waals surface area contributed by atoms with Crippen molar-refractivity contribution in [2.45, 2.75) is 25.9 Å². The van der Waals surface area contributed by atoms with Gasteiger partial charge in [0.2, 0.25) is 0 Å². The summed E-state index contributed by atoms with van der Waals surface area (Å²) in [6.45, 7) is 3.03. The molecule has 0 fully saturated rings. The van der Waals surface area contributed by atoms with Crippen LogP contribution in [0.1, 0.15) is 34.0 Å². The molecule has 3 aromatic carbocycles. The van der Waals surface area contributed by atoms with E-state index >= 15 is 0 Å². The maximum Gasteiger partial charge on any atom is 0.318 e. The first-order chi connectivity index (χ1) is 15.5. The lowest BCUT2D eigenvalue weighted by atomic mass is 9.92. The number of carbonyl (C=O) groups is 1. The van der Waals surface area contributed by atoms with E-state index in [0.29, 0.717) is 24.5 Å². The van der Waals surface area contributed by atoms with Gasteiger partial charge in [-0.3, -0.25) is 0 Å². The molecule has 6 heteroatoms. The van der Waals surface area contributed by atoms with Crippen LogP contribution >= 0.6 is 11.6 Å². The number of aryl methyl sites for hydroxylation is 1. The van der Waals surface area contributed by atoms with E-state index in [2.05, 4.69) is 10.3 Å². The van der Waals surface area contributed by atoms with Crippen molar-refractivity contribution < 1.29 is 9.18 Å². The second-order valence-corrected chi connectivity index (χ2v) is 8.69. The van der Waals surface area contributed by atoms with Gasteiger partial charge in [-0.25, -0.2) is 9.18 Å². The predicted octanol–water partition coefficient (Wildman–Crippen LogP) is 6.13. The van der Waals surface area contributed by atoms with E-state index in [9.17, 15) is 9.18 Å². The summed E-state index contributed by atoms with van der Waals surface area (Å²) in [4.78, 5) is 18.6. The summed E-state index contributed by atoms with van der Waals surface area (Å²) >= 11 is 6.25. The molecule has 4 aromatic rings. The van der Waals surface area contributed by atoms with Crippen LogP contribution in [0.15, 0.2) is 66.7 Å². The van der Waals surface area contributed by atoms with Crippen LogP contribution in [-0.4, -0.2) is 22.5 Å². The standard InChI is InChI=1S/C26H23ClFN3O/c1-16-2-4-17(5-3-16)15-29-26(32)31-13-12-21-22-14-19(27)8-11-23(22)30-24(21)25(31)18-6-9-20(28)10-7-18/h2-11,14,25,30H,12-13,15H2,1H3,(H,29,32). The SMILES string of the molecule is Cc1ccc(CNC(=O)N2CCc3c([nH]c4ccc(Cl)cc34)C2c2ccc(F)cc2)cc1. The first-order valence-corrected chi connectivity index (χ1v) is 11.0. The molecule has 2 N–H and O–H groups in total. The maximum atomic E-state index is 13.6. The Labute approximate surface area is 191 Å². The summed E-state index contributed by atoms with van der Waals surface area (Å²) in [5, 5.41) is 4.80. The molecule has 0 saturated heterocycles. The minimum atomic E-state index is -0.344. The number of amides is 2. The largest absolute Gasteiger partial charge is 0.356 e. The average molecular weight is 448 g/mol. The predicted molar refractivity (Wildman–Crippen MR) is 125 cm³/mol. The molecule has 1 aliphatic rings. The van der Waals surface area contributed by atoms with Gasteiger partial charge in [0, 0.05) is 34.7 Å². The summed E-state index contributed by atoms with van der Waals surface area (Å²) < 4.78 is 13.6. The van der Waals surface area contributed by atoms with E-state index in [0.717, 1.165) is 33.3 Å². The molecular formula is C26H23ClFN3O. The van der Waals surface area contributed by atoms with Crippen LogP contribution in [0.5, 0.6) is 0 Å². The van der Waals surface area contributed by atoms with Gasteiger partial charge < -0.3 is 15.2 Å². The lowest BCUT2D eigenvalue weighted by molar-refractivity contribution is 0.179. The number of halogens is 2. The smallest absolute Gasteiger partial charge is 0.318 e. The summed E-state index contributed by atoms with van der Waals surface area (Å²) in [6, 6.07) is 19.7. The van der Waals surface area contributed by atoms with Crippen molar-refractivity contribution in [3.63, 3.8) is 0 Å². The zero-order valence-corrected chi connectivity index (χ0v) is 18.4. The summed E-state index contributed by atoms with van der Waals surface area (Å²) in [6.07, 6.45) is 0.714. The molecule has 4 nitrogen and oxygen atoms in total. The fourth-order valence-electron chi connectivity index (χ4n) is 4.46. The highest BCUT2D eigenvalue weighted by molar-refractivity contribution is 6.31. The second-order valence-electron chi connectivity index (χ2n) is 8.25. The number of aromatic amines is 1. The molecular weight excluding hydrogens is 425 g/mol. The number of carbonyl (C=O) groups excluding carboxylic acids is 1. The van der Waals surface area contributed by atoms with Crippen LogP contribution in [0.4, 0.5) is 9.18 Å². The Morgan fingerprint density at radius 3 is 2.62 bits per heavy atom. The number of aromatic nitrogens is 1. The monoisotopic (exact) mass is 447 g/mol. The third kappa shape index (κ3) is 3.84. The van der Waals surface area contributed by atoms with Gasteiger partial charge in [0.15, 0.2) is 0 Å². The van der Waals surface area contributed by atoms with Crippen molar-refractivity contribution >= 4 is 28.5 Å². The topological polar surface area (TPSA) is 48.1 Å². The Balaban J connectivity index is 1.50. The summed E-state index contributed by atoms with van der Waals surface area (Å²) in [5.41, 5.74) is 6.16. The number of nitrogens with one attached hydrogen (secondary N) is 2. The Morgan fingerprint density at radius 2 is 1.88 bits per heavy atom. The van der Waals surface area contributed by atoms with Crippen molar-refractivity contribution in [3.05, 3.63) is 106 Å². The van der Waals surface area contributed by atoms with Gasteiger partial charge in [0.05, 0.1) is 6.04 Å². The fraction of sp³-hybridized carbons (Fsp3) is 0.192. The number of urea groups is 1. The summed E-state index contributed by atoms with van der Waals surface area (Å²) in [5.74, 6) is -0.302. The molecule has 0 spiro atoms.